The maximum absolute atomic E-state index is 5.57. The number of benzene rings is 2. The predicted molar refractivity (Wildman–Crippen MR) is 79.2 cm³/mol. The second-order valence-corrected chi connectivity index (χ2v) is 5.73. The second kappa shape index (κ2) is 5.09. The van der Waals surface area contributed by atoms with E-state index in [1.54, 1.807) is 0 Å². The van der Waals surface area contributed by atoms with Gasteiger partial charge in [0.05, 0.1) is 13.2 Å². The fourth-order valence-corrected chi connectivity index (χ4v) is 3.81. The lowest BCUT2D eigenvalue weighted by molar-refractivity contribution is 0.340. The molecule has 0 aromatic heterocycles. The first-order chi connectivity index (χ1) is 9.31. The summed E-state index contributed by atoms with van der Waals surface area (Å²) in [6.45, 7) is 5.45. The van der Waals surface area contributed by atoms with Gasteiger partial charge in [-0.1, -0.05) is 12.1 Å². The van der Waals surface area contributed by atoms with Gasteiger partial charge in [0.15, 0.2) is 0 Å². The van der Waals surface area contributed by atoms with Crippen LogP contribution in [0.1, 0.15) is 13.8 Å². The number of rotatable bonds is 4. The molecule has 1 heterocycles. The first kappa shape index (κ1) is 12.3. The van der Waals surface area contributed by atoms with Gasteiger partial charge in [-0.3, -0.25) is 0 Å². The van der Waals surface area contributed by atoms with Crippen LogP contribution >= 0.6 is 0 Å². The minimum atomic E-state index is 0.692. The van der Waals surface area contributed by atoms with E-state index in [0.29, 0.717) is 22.7 Å². The van der Waals surface area contributed by atoms with E-state index in [0.717, 1.165) is 11.5 Å². The van der Waals surface area contributed by atoms with Crippen LogP contribution in [-0.4, -0.2) is 22.7 Å². The van der Waals surface area contributed by atoms with Crippen molar-refractivity contribution in [3.8, 4) is 22.6 Å². The zero-order valence-corrected chi connectivity index (χ0v) is 12.2. The molecule has 2 nitrogen and oxygen atoms in total. The highest BCUT2D eigenvalue weighted by Crippen LogP contribution is 2.25. The van der Waals surface area contributed by atoms with Crippen LogP contribution < -0.4 is 19.8 Å². The van der Waals surface area contributed by atoms with Gasteiger partial charge in [-0.2, -0.15) is 0 Å². The molecule has 96 valence electrons. The summed E-state index contributed by atoms with van der Waals surface area (Å²) in [5.74, 6) is 1.93. The zero-order chi connectivity index (χ0) is 13.2. The number of ether oxygens (including phenoxy) is 2. The molecule has 0 saturated carbocycles. The third-order valence-electron chi connectivity index (χ3n) is 3.16. The van der Waals surface area contributed by atoms with Crippen LogP contribution in [0.5, 0.6) is 11.5 Å². The van der Waals surface area contributed by atoms with Gasteiger partial charge in [0.1, 0.15) is 21.0 Å². The maximum Gasteiger partial charge on any atom is 0.123 e. The van der Waals surface area contributed by atoms with E-state index in [1.807, 2.05) is 13.8 Å². The lowest BCUT2D eigenvalue weighted by Gasteiger charge is -2.07. The minimum absolute atomic E-state index is 0.692. The largest absolute Gasteiger partial charge is 0.494 e. The summed E-state index contributed by atoms with van der Waals surface area (Å²) in [5.41, 5.74) is 2.67. The molecule has 2 aromatic rings. The van der Waals surface area contributed by atoms with Gasteiger partial charge in [0.25, 0.3) is 0 Å². The Morgan fingerprint density at radius 3 is 1.68 bits per heavy atom. The molecule has 0 fully saturated rings. The smallest absolute Gasteiger partial charge is 0.123 e. The SMILES string of the molecule is CCOc1ccc2c(c1)[Si]c1cc(OCC)ccc1-2. The molecule has 2 radical (unpaired) electrons. The summed E-state index contributed by atoms with van der Waals surface area (Å²) in [4.78, 5) is 0. The molecule has 1 aliphatic rings. The predicted octanol–water partition coefficient (Wildman–Crippen LogP) is 2.12. The monoisotopic (exact) mass is 268 g/mol. The van der Waals surface area contributed by atoms with Gasteiger partial charge < -0.3 is 9.47 Å². The molecular formula is C16H16O2Si. The van der Waals surface area contributed by atoms with Gasteiger partial charge in [-0.05, 0) is 59.6 Å². The Morgan fingerprint density at radius 2 is 1.26 bits per heavy atom. The Kier molecular flexibility index (Phi) is 3.30. The standard InChI is InChI=1S/C16H16O2Si/c1-3-17-11-5-7-13-14-8-6-12(18-4-2)10-16(14)19-15(13)9-11/h5-10H,3-4H2,1-2H3. The van der Waals surface area contributed by atoms with E-state index in [9.17, 15) is 0 Å². The van der Waals surface area contributed by atoms with Crippen molar-refractivity contribution in [3.63, 3.8) is 0 Å². The Morgan fingerprint density at radius 1 is 0.789 bits per heavy atom. The van der Waals surface area contributed by atoms with E-state index < -0.39 is 0 Å². The quantitative estimate of drug-likeness (QED) is 0.675. The normalized spacial score (nSPS) is 11.9. The molecule has 3 heteroatoms. The van der Waals surface area contributed by atoms with Crippen molar-refractivity contribution in [3.05, 3.63) is 36.4 Å². The van der Waals surface area contributed by atoms with Crippen LogP contribution in [0.25, 0.3) is 11.1 Å². The van der Waals surface area contributed by atoms with Crippen molar-refractivity contribution < 1.29 is 9.47 Å². The molecule has 0 bridgehead atoms. The van der Waals surface area contributed by atoms with Crippen LogP contribution in [0.2, 0.25) is 0 Å². The Hall–Kier alpha value is -1.74. The molecule has 0 atom stereocenters. The summed E-state index contributed by atoms with van der Waals surface area (Å²) >= 11 is 0. The average molecular weight is 268 g/mol. The number of hydrogen-bond acceptors (Lipinski definition) is 2. The fraction of sp³-hybridized carbons (Fsp3) is 0.250. The molecule has 0 saturated heterocycles. The molecule has 0 spiro atoms. The van der Waals surface area contributed by atoms with Crippen LogP contribution in [0, 0.1) is 0 Å². The number of fused-ring (bicyclic) bond motifs is 3. The fourth-order valence-electron chi connectivity index (χ4n) is 2.38. The molecule has 0 amide bonds. The van der Waals surface area contributed by atoms with Crippen LogP contribution in [0.4, 0.5) is 0 Å². The molecule has 0 unspecified atom stereocenters. The van der Waals surface area contributed by atoms with Crippen molar-refractivity contribution in [2.75, 3.05) is 13.2 Å². The van der Waals surface area contributed by atoms with Gasteiger partial charge in [0, 0.05) is 0 Å². The van der Waals surface area contributed by atoms with Crippen molar-refractivity contribution in [1.29, 1.82) is 0 Å². The van der Waals surface area contributed by atoms with Crippen LogP contribution in [0.3, 0.4) is 0 Å². The van der Waals surface area contributed by atoms with Crippen molar-refractivity contribution >= 4 is 19.9 Å². The minimum Gasteiger partial charge on any atom is -0.494 e. The first-order valence-electron chi connectivity index (χ1n) is 6.63. The first-order valence-corrected chi connectivity index (χ1v) is 7.63. The second-order valence-electron chi connectivity index (χ2n) is 4.41. The van der Waals surface area contributed by atoms with E-state index in [-0.39, 0.29) is 0 Å². The molecule has 0 N–H and O–H groups in total. The lowest BCUT2D eigenvalue weighted by atomic mass is 10.1. The lowest BCUT2D eigenvalue weighted by Crippen LogP contribution is -2.21. The molecule has 0 aliphatic carbocycles. The maximum atomic E-state index is 5.57. The molecule has 2 aromatic carbocycles. The van der Waals surface area contributed by atoms with E-state index in [4.69, 9.17) is 9.47 Å². The van der Waals surface area contributed by atoms with Crippen LogP contribution in [0.15, 0.2) is 36.4 Å². The summed E-state index contributed by atoms with van der Waals surface area (Å²) in [6.07, 6.45) is 0. The molecular weight excluding hydrogens is 252 g/mol. The van der Waals surface area contributed by atoms with Gasteiger partial charge in [-0.25, -0.2) is 0 Å². The third kappa shape index (κ3) is 2.26. The third-order valence-corrected chi connectivity index (χ3v) is 4.53. The molecule has 3 rings (SSSR count). The van der Waals surface area contributed by atoms with Crippen LogP contribution in [-0.2, 0) is 0 Å². The summed E-state index contributed by atoms with van der Waals surface area (Å²) < 4.78 is 11.1. The van der Waals surface area contributed by atoms with Gasteiger partial charge >= 0.3 is 0 Å². The van der Waals surface area contributed by atoms with Crippen molar-refractivity contribution in [2.24, 2.45) is 0 Å². The molecule has 1 aliphatic heterocycles. The van der Waals surface area contributed by atoms with Crippen molar-refractivity contribution in [2.45, 2.75) is 13.8 Å². The Bertz CT molecular complexity index is 554. The van der Waals surface area contributed by atoms with E-state index in [2.05, 4.69) is 36.4 Å². The van der Waals surface area contributed by atoms with Gasteiger partial charge in [0.2, 0.25) is 0 Å². The highest BCUT2D eigenvalue weighted by molar-refractivity contribution is 6.73. The Labute approximate surface area is 116 Å². The summed E-state index contributed by atoms with van der Waals surface area (Å²) in [5, 5.41) is 2.74. The highest BCUT2D eigenvalue weighted by Gasteiger charge is 2.20. The average Bonchev–Trinajstić information content (AvgIpc) is 2.76. The summed E-state index contributed by atoms with van der Waals surface area (Å²) in [6, 6.07) is 12.8. The van der Waals surface area contributed by atoms with E-state index in [1.165, 1.54) is 21.5 Å². The zero-order valence-electron chi connectivity index (χ0n) is 11.2. The topological polar surface area (TPSA) is 18.5 Å². The number of hydrogen-bond donors (Lipinski definition) is 0. The van der Waals surface area contributed by atoms with Crippen molar-refractivity contribution in [1.82, 2.24) is 0 Å². The van der Waals surface area contributed by atoms with E-state index >= 15 is 0 Å². The molecule has 19 heavy (non-hydrogen) atoms. The summed E-state index contributed by atoms with van der Waals surface area (Å²) in [7, 11) is 0.692. The Balaban J connectivity index is 1.96. The highest BCUT2D eigenvalue weighted by atomic mass is 28.2. The van der Waals surface area contributed by atoms with Gasteiger partial charge in [-0.15, -0.1) is 0 Å².